The third-order valence-electron chi connectivity index (χ3n) is 5.58. The van der Waals surface area contributed by atoms with Gasteiger partial charge in [-0.1, -0.05) is 71.9 Å². The number of aromatic nitrogens is 2. The number of rotatable bonds is 8. The summed E-state index contributed by atoms with van der Waals surface area (Å²) < 4.78 is 5.31. The van der Waals surface area contributed by atoms with Crippen LogP contribution in [0.5, 0.6) is 0 Å². The summed E-state index contributed by atoms with van der Waals surface area (Å²) in [4.78, 5) is 36.6. The molecule has 186 valence electrons. The number of ether oxygens (including phenoxy) is 1. The van der Waals surface area contributed by atoms with Crippen molar-refractivity contribution in [3.8, 4) is 21.6 Å². The van der Waals surface area contributed by atoms with Crippen molar-refractivity contribution in [3.05, 3.63) is 83.5 Å². The monoisotopic (exact) mass is 545 g/mol. The number of nitrogens with one attached hydrogen (secondary N) is 1. The van der Waals surface area contributed by atoms with E-state index in [1.165, 1.54) is 29.4 Å². The van der Waals surface area contributed by atoms with Crippen LogP contribution in [0.3, 0.4) is 0 Å². The van der Waals surface area contributed by atoms with Crippen LogP contribution >= 0.6 is 34.4 Å². The van der Waals surface area contributed by atoms with E-state index in [0.717, 1.165) is 42.4 Å². The molecule has 0 saturated heterocycles. The van der Waals surface area contributed by atoms with E-state index in [1.807, 2.05) is 54.8 Å². The molecular formula is C28H23N3O3S3. The highest BCUT2D eigenvalue weighted by Gasteiger charge is 2.23. The molecule has 1 amide bonds. The fourth-order valence-corrected chi connectivity index (χ4v) is 6.61. The van der Waals surface area contributed by atoms with Crippen LogP contribution in [0.15, 0.2) is 77.4 Å². The zero-order valence-electron chi connectivity index (χ0n) is 20.2. The Labute approximate surface area is 226 Å². The van der Waals surface area contributed by atoms with Gasteiger partial charge in [0.2, 0.25) is 5.91 Å². The molecule has 0 bridgehead atoms. The number of benzene rings is 2. The first-order valence-corrected chi connectivity index (χ1v) is 14.3. The molecule has 0 unspecified atom stereocenters. The zero-order chi connectivity index (χ0) is 25.8. The summed E-state index contributed by atoms with van der Waals surface area (Å²) in [6.07, 6.45) is 1.53. The Morgan fingerprint density at radius 1 is 1.03 bits per heavy atom. The number of anilines is 1. The summed E-state index contributed by atoms with van der Waals surface area (Å²) in [6.45, 7) is 4.03. The molecule has 9 heteroatoms. The Morgan fingerprint density at radius 3 is 2.57 bits per heavy atom. The van der Waals surface area contributed by atoms with Gasteiger partial charge >= 0.3 is 5.97 Å². The van der Waals surface area contributed by atoms with Gasteiger partial charge < -0.3 is 10.1 Å². The summed E-state index contributed by atoms with van der Waals surface area (Å²) in [6, 6.07) is 20.1. The Balaban J connectivity index is 1.35. The molecule has 2 aromatic carbocycles. The molecule has 0 aliphatic heterocycles. The van der Waals surface area contributed by atoms with Crippen LogP contribution in [-0.2, 0) is 9.53 Å². The van der Waals surface area contributed by atoms with E-state index in [9.17, 15) is 9.59 Å². The summed E-state index contributed by atoms with van der Waals surface area (Å²) in [5.41, 5.74) is 4.27. The number of carbonyl (C=O) groups excluding carboxylic acids is 2. The molecule has 3 aromatic heterocycles. The Bertz CT molecular complexity index is 1560. The van der Waals surface area contributed by atoms with Gasteiger partial charge in [-0.15, -0.1) is 22.7 Å². The highest BCUT2D eigenvalue weighted by molar-refractivity contribution is 8.00. The van der Waals surface area contributed by atoms with Crippen LogP contribution in [0.25, 0.3) is 31.8 Å². The molecule has 0 saturated carbocycles. The molecule has 0 aliphatic rings. The number of hydrogen-bond donors (Lipinski definition) is 1. The van der Waals surface area contributed by atoms with E-state index in [0.29, 0.717) is 10.6 Å². The van der Waals surface area contributed by atoms with Gasteiger partial charge in [0, 0.05) is 21.2 Å². The number of amides is 1. The van der Waals surface area contributed by atoms with Crippen LogP contribution in [0, 0.1) is 6.92 Å². The number of esters is 1. The molecule has 5 aromatic rings. The molecule has 1 N–H and O–H groups in total. The maximum absolute atomic E-state index is 13.0. The number of nitrogens with zero attached hydrogens (tertiary/aromatic N) is 2. The third kappa shape index (κ3) is 5.58. The summed E-state index contributed by atoms with van der Waals surface area (Å²) >= 11 is 4.26. The molecule has 0 radical (unpaired) electrons. The lowest BCUT2D eigenvalue weighted by Crippen LogP contribution is -2.16. The fourth-order valence-electron chi connectivity index (χ4n) is 3.79. The lowest BCUT2D eigenvalue weighted by molar-refractivity contribution is -0.113. The molecule has 0 aliphatic carbocycles. The van der Waals surface area contributed by atoms with Crippen LogP contribution < -0.4 is 5.32 Å². The average molecular weight is 546 g/mol. The zero-order valence-corrected chi connectivity index (χ0v) is 22.6. The van der Waals surface area contributed by atoms with E-state index in [-0.39, 0.29) is 18.3 Å². The highest BCUT2D eigenvalue weighted by atomic mass is 32.2. The second kappa shape index (κ2) is 11.2. The SMILES string of the molecule is CCOC(=O)c1c(-c2ccc(C)cc2)csc1NC(=O)CSc1ncnc2sc(-c3ccccc3)cc12. The maximum atomic E-state index is 13.0. The van der Waals surface area contributed by atoms with Crippen molar-refractivity contribution in [1.29, 1.82) is 0 Å². The molecular weight excluding hydrogens is 523 g/mol. The third-order valence-corrected chi connectivity index (χ3v) is 8.57. The van der Waals surface area contributed by atoms with Gasteiger partial charge in [0.05, 0.1) is 12.4 Å². The van der Waals surface area contributed by atoms with Crippen molar-refractivity contribution in [3.63, 3.8) is 0 Å². The summed E-state index contributed by atoms with van der Waals surface area (Å²) in [7, 11) is 0. The first-order valence-electron chi connectivity index (χ1n) is 11.6. The first-order chi connectivity index (χ1) is 18.0. The minimum Gasteiger partial charge on any atom is -0.462 e. The van der Waals surface area contributed by atoms with E-state index in [4.69, 9.17) is 4.74 Å². The molecule has 5 rings (SSSR count). The largest absolute Gasteiger partial charge is 0.462 e. The lowest BCUT2D eigenvalue weighted by Gasteiger charge is -2.09. The van der Waals surface area contributed by atoms with E-state index >= 15 is 0 Å². The van der Waals surface area contributed by atoms with Gasteiger partial charge in [-0.05, 0) is 31.0 Å². The quantitative estimate of drug-likeness (QED) is 0.125. The fraction of sp³-hybridized carbons (Fsp3) is 0.143. The van der Waals surface area contributed by atoms with Crippen molar-refractivity contribution in [1.82, 2.24) is 9.97 Å². The van der Waals surface area contributed by atoms with Crippen molar-refractivity contribution >= 4 is 61.5 Å². The number of thiophene rings is 2. The normalized spacial score (nSPS) is 11.0. The Morgan fingerprint density at radius 2 is 1.81 bits per heavy atom. The summed E-state index contributed by atoms with van der Waals surface area (Å²) in [5, 5.41) is 6.95. The number of fused-ring (bicyclic) bond motifs is 1. The van der Waals surface area contributed by atoms with Gasteiger partial charge in [-0.2, -0.15) is 0 Å². The van der Waals surface area contributed by atoms with Gasteiger partial charge in [-0.25, -0.2) is 14.8 Å². The standard InChI is InChI=1S/C28H23N3O3S3/c1-3-34-28(33)24-21(18-11-9-17(2)10-12-18)14-35-27(24)31-23(32)15-36-25-20-13-22(19-7-5-4-6-8-19)37-26(20)30-16-29-25/h4-14,16H,3,15H2,1-2H3,(H,31,32). The predicted molar refractivity (Wildman–Crippen MR) is 153 cm³/mol. The first kappa shape index (κ1) is 25.1. The molecule has 3 heterocycles. The van der Waals surface area contributed by atoms with Crippen molar-refractivity contribution < 1.29 is 14.3 Å². The van der Waals surface area contributed by atoms with Crippen LogP contribution in [-0.4, -0.2) is 34.2 Å². The number of carbonyl (C=O) groups is 2. The van der Waals surface area contributed by atoms with Gasteiger partial charge in [0.15, 0.2) is 0 Å². The highest BCUT2D eigenvalue weighted by Crippen LogP contribution is 2.38. The second-order valence-electron chi connectivity index (χ2n) is 8.15. The number of thioether (sulfide) groups is 1. The number of aryl methyl sites for hydroxylation is 1. The molecule has 0 fully saturated rings. The average Bonchev–Trinajstić information content (AvgIpc) is 3.53. The maximum Gasteiger partial charge on any atom is 0.341 e. The second-order valence-corrected chi connectivity index (χ2v) is 11.0. The van der Waals surface area contributed by atoms with Gasteiger partial charge in [0.25, 0.3) is 0 Å². The van der Waals surface area contributed by atoms with E-state index in [1.54, 1.807) is 18.3 Å². The van der Waals surface area contributed by atoms with Crippen LogP contribution in [0.1, 0.15) is 22.8 Å². The minimum absolute atomic E-state index is 0.142. The predicted octanol–water partition coefficient (Wildman–Crippen LogP) is 7.30. The topological polar surface area (TPSA) is 81.2 Å². The van der Waals surface area contributed by atoms with Crippen molar-refractivity contribution in [2.24, 2.45) is 0 Å². The molecule has 0 spiro atoms. The minimum atomic E-state index is -0.452. The molecule has 0 atom stereocenters. The Kier molecular flexibility index (Phi) is 7.64. The Hall–Kier alpha value is -3.53. The van der Waals surface area contributed by atoms with Crippen LogP contribution in [0.4, 0.5) is 5.00 Å². The van der Waals surface area contributed by atoms with Crippen molar-refractivity contribution in [2.75, 3.05) is 17.7 Å². The van der Waals surface area contributed by atoms with Crippen LogP contribution in [0.2, 0.25) is 0 Å². The smallest absolute Gasteiger partial charge is 0.341 e. The molecule has 37 heavy (non-hydrogen) atoms. The van der Waals surface area contributed by atoms with E-state index in [2.05, 4.69) is 33.5 Å². The molecule has 6 nitrogen and oxygen atoms in total. The van der Waals surface area contributed by atoms with Crippen molar-refractivity contribution in [2.45, 2.75) is 18.9 Å². The van der Waals surface area contributed by atoms with Gasteiger partial charge in [-0.3, -0.25) is 4.79 Å². The van der Waals surface area contributed by atoms with Gasteiger partial charge in [0.1, 0.15) is 26.7 Å². The van der Waals surface area contributed by atoms with E-state index < -0.39 is 5.97 Å². The lowest BCUT2D eigenvalue weighted by atomic mass is 10.0. The summed E-state index contributed by atoms with van der Waals surface area (Å²) in [5.74, 6) is -0.535. The number of hydrogen-bond acceptors (Lipinski definition) is 8.